The van der Waals surface area contributed by atoms with E-state index in [0.717, 1.165) is 8.47 Å². The van der Waals surface area contributed by atoms with Crippen LogP contribution in [0.5, 0.6) is 0 Å². The second-order valence-electron chi connectivity index (χ2n) is 10.4. The Morgan fingerprint density at radius 1 is 0.273 bits per heavy atom. The van der Waals surface area contributed by atoms with Crippen LogP contribution in [-0.2, 0) is 0 Å². The van der Waals surface area contributed by atoms with Crippen LogP contribution in [-0.4, -0.2) is 0 Å². The second kappa shape index (κ2) is 12.2. The summed E-state index contributed by atoms with van der Waals surface area (Å²) in [5.41, 5.74) is 17.0. The molecule has 0 atom stereocenters. The molecule has 0 radical (unpaired) electrons. The minimum absolute atomic E-state index is 1.05. The third-order valence-corrected chi connectivity index (χ3v) is 11.8. The third-order valence-electron chi connectivity index (χ3n) is 7.62. The third kappa shape index (κ3) is 5.77. The Bertz CT molecular complexity index is 1800. The lowest BCUT2D eigenvalue weighted by Gasteiger charge is -2.13. The molecule has 8 heterocycles. The SMILES string of the molecule is C1=C=C2Sc3ccc(cc3)-c3ccccc3-c3ccc(cc3)SC=1Sc1ccc(cc1)-c1ccccc1-c1ccc(cc1)S2. The molecule has 14 rings (SSSR count). The average Bonchev–Trinajstić information content (AvgIpc) is 3.08. The van der Waals surface area contributed by atoms with Crippen LogP contribution < -0.4 is 0 Å². The lowest BCUT2D eigenvalue weighted by Crippen LogP contribution is -1.87. The quantitative estimate of drug-likeness (QED) is 0.153. The maximum absolute atomic E-state index is 3.58. The minimum atomic E-state index is 1.05. The summed E-state index contributed by atoms with van der Waals surface area (Å²) in [4.78, 5) is 4.71. The maximum Gasteiger partial charge on any atom is 0.100 e. The average molecular weight is 633 g/mol. The zero-order valence-electron chi connectivity index (χ0n) is 23.5. The zero-order chi connectivity index (χ0) is 29.3. The molecule has 208 valence electrons. The fraction of sp³-hybridized carbons (Fsp3) is 0. The van der Waals surface area contributed by atoms with Crippen LogP contribution in [0.2, 0.25) is 0 Å². The van der Waals surface area contributed by atoms with Crippen LogP contribution in [0.1, 0.15) is 0 Å². The number of benzene rings is 6. The molecule has 0 fully saturated rings. The first kappa shape index (κ1) is 27.6. The van der Waals surface area contributed by atoms with Gasteiger partial charge in [0.15, 0.2) is 0 Å². The summed E-state index contributed by atoms with van der Waals surface area (Å²) >= 11 is 6.94. The molecule has 0 aliphatic carbocycles. The highest BCUT2D eigenvalue weighted by molar-refractivity contribution is 8.22. The standard InChI is InChI=1S/C40H24S4/c1-2-6-36-28-11-19-32(20-12-28)42-40-26-25-39(41-31-17-9-27(10-18-31)35(36)5-1)43-33-21-13-29(14-22-33)37-7-3-4-8-38(37)30-15-23-34(44-40)24-16-30/h1-24H. The Hall–Kier alpha value is -3.98. The zero-order valence-corrected chi connectivity index (χ0v) is 26.8. The molecule has 0 saturated heterocycles. The molecule has 0 spiro atoms. The molecule has 0 N–H and O–H groups in total. The van der Waals surface area contributed by atoms with E-state index in [1.165, 1.54) is 64.1 Å². The van der Waals surface area contributed by atoms with Crippen LogP contribution in [0.25, 0.3) is 44.5 Å². The van der Waals surface area contributed by atoms with E-state index in [2.05, 4.69) is 157 Å². The minimum Gasteiger partial charge on any atom is -0.0737 e. The van der Waals surface area contributed by atoms with Crippen molar-refractivity contribution in [2.75, 3.05) is 0 Å². The fourth-order valence-electron chi connectivity index (χ4n) is 5.46. The maximum atomic E-state index is 3.58. The van der Waals surface area contributed by atoms with Crippen LogP contribution in [0.15, 0.2) is 185 Å². The number of rotatable bonds is 0. The van der Waals surface area contributed by atoms with Gasteiger partial charge in [0.2, 0.25) is 0 Å². The summed E-state index contributed by atoms with van der Waals surface area (Å²) in [5.74, 6) is 0. The van der Waals surface area contributed by atoms with Crippen molar-refractivity contribution in [3.05, 3.63) is 166 Å². The first-order valence-electron chi connectivity index (χ1n) is 14.3. The van der Waals surface area contributed by atoms with Gasteiger partial charge in [-0.05, 0) is 105 Å². The Kier molecular flexibility index (Phi) is 7.64. The number of hydrogen-bond acceptors (Lipinski definition) is 4. The number of thioether (sulfide) groups is 4. The van der Waals surface area contributed by atoms with Gasteiger partial charge < -0.3 is 0 Å². The van der Waals surface area contributed by atoms with Gasteiger partial charge in [0.05, 0.1) is 0 Å². The van der Waals surface area contributed by atoms with Crippen LogP contribution in [0, 0.1) is 0 Å². The molecule has 0 saturated carbocycles. The molecule has 0 aromatic heterocycles. The van der Waals surface area contributed by atoms with E-state index in [-0.39, 0.29) is 0 Å². The number of hydrogen-bond donors (Lipinski definition) is 0. The van der Waals surface area contributed by atoms with Crippen LogP contribution in [0.3, 0.4) is 0 Å². The van der Waals surface area contributed by atoms with Crippen molar-refractivity contribution < 1.29 is 0 Å². The van der Waals surface area contributed by atoms with E-state index in [9.17, 15) is 0 Å². The molecule has 4 heteroatoms. The van der Waals surface area contributed by atoms with E-state index >= 15 is 0 Å². The molecule has 6 aromatic carbocycles. The van der Waals surface area contributed by atoms with Gasteiger partial charge in [0.25, 0.3) is 0 Å². The van der Waals surface area contributed by atoms with Gasteiger partial charge in [-0.2, -0.15) is 0 Å². The smallest absolute Gasteiger partial charge is 0.0737 e. The van der Waals surface area contributed by atoms with Crippen molar-refractivity contribution in [1.82, 2.24) is 0 Å². The van der Waals surface area contributed by atoms with E-state index in [0.29, 0.717) is 0 Å². The molecular formula is C40H24S4. The molecule has 44 heavy (non-hydrogen) atoms. The first-order valence-corrected chi connectivity index (χ1v) is 17.6. The molecule has 0 nitrogen and oxygen atoms in total. The van der Waals surface area contributed by atoms with Gasteiger partial charge in [0, 0.05) is 19.6 Å². The molecule has 6 aromatic rings. The van der Waals surface area contributed by atoms with E-state index < -0.39 is 0 Å². The van der Waals surface area contributed by atoms with E-state index in [1.54, 1.807) is 47.0 Å². The Morgan fingerprint density at radius 2 is 0.500 bits per heavy atom. The van der Waals surface area contributed by atoms with Crippen molar-refractivity contribution in [2.24, 2.45) is 0 Å². The van der Waals surface area contributed by atoms with Crippen molar-refractivity contribution in [2.45, 2.75) is 19.6 Å². The summed E-state index contributed by atoms with van der Waals surface area (Å²) in [6.07, 6.45) is 0. The van der Waals surface area contributed by atoms with E-state index in [1.807, 2.05) is 0 Å². The molecule has 0 amide bonds. The topological polar surface area (TPSA) is 0 Å². The lowest BCUT2D eigenvalue weighted by atomic mass is 9.95. The van der Waals surface area contributed by atoms with Gasteiger partial charge in [0.1, 0.15) is 8.47 Å². The monoisotopic (exact) mass is 632 g/mol. The van der Waals surface area contributed by atoms with Gasteiger partial charge in [-0.15, -0.1) is 0 Å². The van der Waals surface area contributed by atoms with Crippen LogP contribution in [0.4, 0.5) is 0 Å². The highest BCUT2D eigenvalue weighted by Gasteiger charge is 2.13. The van der Waals surface area contributed by atoms with Gasteiger partial charge >= 0.3 is 0 Å². The summed E-state index contributed by atoms with van der Waals surface area (Å²) in [6, 6.07) is 52.9. The Labute approximate surface area is 275 Å². The summed E-state index contributed by atoms with van der Waals surface area (Å²) < 4.78 is 2.10. The van der Waals surface area contributed by atoms with Crippen molar-refractivity contribution in [1.29, 1.82) is 0 Å². The highest BCUT2D eigenvalue weighted by Crippen LogP contribution is 2.44. The van der Waals surface area contributed by atoms with Crippen LogP contribution >= 0.6 is 47.0 Å². The molecule has 8 aliphatic heterocycles. The molecule has 8 aliphatic rings. The normalized spacial score (nSPS) is 13.5. The van der Waals surface area contributed by atoms with Crippen molar-refractivity contribution in [3.8, 4) is 44.5 Å². The summed E-state index contributed by atoms with van der Waals surface area (Å²) in [6.45, 7) is 0. The molecule has 0 unspecified atom stereocenters. The largest absolute Gasteiger partial charge is 0.100 e. The second-order valence-corrected chi connectivity index (χ2v) is 15.3. The predicted molar refractivity (Wildman–Crippen MR) is 192 cm³/mol. The van der Waals surface area contributed by atoms with Gasteiger partial charge in [-0.3, -0.25) is 0 Å². The molecule has 10 bridgehead atoms. The first-order chi connectivity index (χ1) is 21.7. The predicted octanol–water partition coefficient (Wildman–Crippen LogP) is 12.9. The van der Waals surface area contributed by atoms with E-state index in [4.69, 9.17) is 0 Å². The Morgan fingerprint density at radius 3 is 0.727 bits per heavy atom. The Balaban J connectivity index is 1.31. The summed E-state index contributed by atoms with van der Waals surface area (Å²) in [7, 11) is 0. The summed E-state index contributed by atoms with van der Waals surface area (Å²) in [5, 5.41) is 0. The molecular weight excluding hydrogens is 609 g/mol. The van der Waals surface area contributed by atoms with Gasteiger partial charge in [-0.1, -0.05) is 144 Å². The highest BCUT2D eigenvalue weighted by atomic mass is 32.2. The van der Waals surface area contributed by atoms with Gasteiger partial charge in [-0.25, -0.2) is 0 Å². The fourth-order valence-corrected chi connectivity index (χ4v) is 9.30. The van der Waals surface area contributed by atoms with Crippen molar-refractivity contribution >= 4 is 47.0 Å². The lowest BCUT2D eigenvalue weighted by molar-refractivity contribution is 1.44. The van der Waals surface area contributed by atoms with Crippen molar-refractivity contribution in [3.63, 3.8) is 0 Å².